The fourth-order valence-corrected chi connectivity index (χ4v) is 1.55. The molecule has 0 aromatic heterocycles. The van der Waals surface area contributed by atoms with Crippen LogP contribution in [0.15, 0.2) is 30.3 Å². The molecule has 0 saturated carbocycles. The van der Waals surface area contributed by atoms with Gasteiger partial charge in [0.05, 0.1) is 0 Å². The molecule has 0 nitrogen and oxygen atoms in total. The molecule has 2 aromatic carbocycles. The van der Waals surface area contributed by atoms with E-state index in [0.29, 0.717) is 5.92 Å². The maximum atomic E-state index is 12.4. The smallest absolute Gasteiger partial charge is 0.200 e. The van der Waals surface area contributed by atoms with E-state index in [9.17, 15) is 22.0 Å². The quantitative estimate of drug-likeness (QED) is 0.316. The minimum absolute atomic E-state index is 0.659. The third kappa shape index (κ3) is 5.66. The maximum Gasteiger partial charge on any atom is 0.200 e. The van der Waals surface area contributed by atoms with Crippen molar-refractivity contribution in [3.63, 3.8) is 0 Å². The Hall–Kier alpha value is -1.91. The minimum atomic E-state index is -2.13. The highest BCUT2D eigenvalue weighted by Crippen LogP contribution is 2.21. The highest BCUT2D eigenvalue weighted by atomic mass is 19.2. The highest BCUT2D eigenvalue weighted by molar-refractivity contribution is 5.22. The molecular weight excluding hydrogens is 311 g/mol. The van der Waals surface area contributed by atoms with Crippen LogP contribution in [0.25, 0.3) is 0 Å². The van der Waals surface area contributed by atoms with E-state index >= 15 is 0 Å². The Morgan fingerprint density at radius 3 is 1.30 bits per heavy atom. The van der Waals surface area contributed by atoms with Crippen LogP contribution in [-0.4, -0.2) is 0 Å². The molecule has 0 amide bonds. The van der Waals surface area contributed by atoms with Gasteiger partial charge in [-0.1, -0.05) is 58.0 Å². The van der Waals surface area contributed by atoms with E-state index in [0.717, 1.165) is 6.92 Å². The summed E-state index contributed by atoms with van der Waals surface area (Å²) in [6, 6.07) is 10.5. The number of benzene rings is 2. The van der Waals surface area contributed by atoms with Gasteiger partial charge in [-0.2, -0.15) is 0 Å². The first-order valence-electron chi connectivity index (χ1n) is 7.30. The Morgan fingerprint density at radius 1 is 0.652 bits per heavy atom. The first-order chi connectivity index (χ1) is 10.8. The van der Waals surface area contributed by atoms with Gasteiger partial charge >= 0.3 is 0 Å². The number of rotatable bonds is 1. The van der Waals surface area contributed by atoms with Gasteiger partial charge in [0.15, 0.2) is 23.3 Å². The van der Waals surface area contributed by atoms with Gasteiger partial charge in [-0.25, -0.2) is 22.0 Å². The van der Waals surface area contributed by atoms with Crippen LogP contribution < -0.4 is 0 Å². The summed E-state index contributed by atoms with van der Waals surface area (Å²) in [6.07, 6.45) is 0. The lowest BCUT2D eigenvalue weighted by atomic mass is 10.0. The van der Waals surface area contributed by atoms with E-state index < -0.39 is 34.6 Å². The minimum Gasteiger partial charge on any atom is -0.203 e. The van der Waals surface area contributed by atoms with Crippen molar-refractivity contribution in [3.05, 3.63) is 70.5 Å². The Balaban J connectivity index is 0.000000392. The van der Waals surface area contributed by atoms with Crippen LogP contribution in [0, 0.1) is 36.0 Å². The van der Waals surface area contributed by atoms with Crippen molar-refractivity contribution in [1.82, 2.24) is 0 Å². The molecule has 23 heavy (non-hydrogen) atoms. The van der Waals surface area contributed by atoms with E-state index in [-0.39, 0.29) is 0 Å². The molecular formula is C18H21F5. The van der Waals surface area contributed by atoms with Gasteiger partial charge in [0, 0.05) is 5.56 Å². The standard InChI is InChI=1S/C9H12.C7H3F5.C2H6/c1-8(2)9-6-4-3-5-7-9;1-2-3(8)5(10)7(12)6(11)4(2)9;1-2/h3-8H,1-2H3;1H3;1-2H3. The molecule has 0 atom stereocenters. The molecule has 0 radical (unpaired) electrons. The van der Waals surface area contributed by atoms with Crippen molar-refractivity contribution in [2.75, 3.05) is 0 Å². The Kier molecular flexibility index (Phi) is 9.15. The Morgan fingerprint density at radius 2 is 1.00 bits per heavy atom. The van der Waals surface area contributed by atoms with Crippen molar-refractivity contribution in [1.29, 1.82) is 0 Å². The first-order valence-corrected chi connectivity index (χ1v) is 7.30. The molecule has 2 rings (SSSR count). The van der Waals surface area contributed by atoms with Gasteiger partial charge < -0.3 is 0 Å². The molecule has 0 saturated heterocycles. The van der Waals surface area contributed by atoms with E-state index in [1.54, 1.807) is 0 Å². The molecule has 128 valence electrons. The Labute approximate surface area is 134 Å². The summed E-state index contributed by atoms with van der Waals surface area (Å²) in [4.78, 5) is 0. The van der Waals surface area contributed by atoms with Crippen LogP contribution in [-0.2, 0) is 0 Å². The van der Waals surface area contributed by atoms with Crippen LogP contribution in [0.1, 0.15) is 44.7 Å². The monoisotopic (exact) mass is 332 g/mol. The fraction of sp³-hybridized carbons (Fsp3) is 0.333. The zero-order chi connectivity index (χ0) is 18.2. The molecule has 0 aliphatic rings. The molecule has 0 N–H and O–H groups in total. The summed E-state index contributed by atoms with van der Waals surface area (Å²) in [5.74, 6) is -8.86. The van der Waals surface area contributed by atoms with Gasteiger partial charge in [0.2, 0.25) is 5.82 Å². The van der Waals surface area contributed by atoms with E-state index in [4.69, 9.17) is 0 Å². The van der Waals surface area contributed by atoms with E-state index in [1.165, 1.54) is 5.56 Å². The van der Waals surface area contributed by atoms with Gasteiger partial charge in [-0.15, -0.1) is 0 Å². The third-order valence-electron chi connectivity index (χ3n) is 2.90. The molecule has 0 aliphatic carbocycles. The molecule has 0 aliphatic heterocycles. The predicted molar refractivity (Wildman–Crippen MR) is 82.8 cm³/mol. The summed E-state index contributed by atoms with van der Waals surface area (Å²) in [5.41, 5.74) is 0.545. The third-order valence-corrected chi connectivity index (χ3v) is 2.90. The van der Waals surface area contributed by atoms with Crippen LogP contribution in [0.5, 0.6) is 0 Å². The largest absolute Gasteiger partial charge is 0.203 e. The zero-order valence-corrected chi connectivity index (χ0v) is 13.9. The van der Waals surface area contributed by atoms with Gasteiger partial charge in [-0.3, -0.25) is 0 Å². The lowest BCUT2D eigenvalue weighted by molar-refractivity contribution is 0.373. The molecule has 0 spiro atoms. The predicted octanol–water partition coefficient (Wildman–Crippen LogP) is 6.53. The van der Waals surface area contributed by atoms with Gasteiger partial charge in [-0.05, 0) is 18.4 Å². The molecule has 0 fully saturated rings. The molecule has 0 bridgehead atoms. The molecule has 2 aromatic rings. The lowest BCUT2D eigenvalue weighted by Crippen LogP contribution is -2.03. The van der Waals surface area contributed by atoms with E-state index in [2.05, 4.69) is 38.1 Å². The van der Waals surface area contributed by atoms with Gasteiger partial charge in [0.1, 0.15) is 0 Å². The SMILES string of the molecule is CC.CC(C)c1ccccc1.Cc1c(F)c(F)c(F)c(F)c1F. The summed E-state index contributed by atoms with van der Waals surface area (Å²) < 4.78 is 61.6. The van der Waals surface area contributed by atoms with Crippen LogP contribution in [0.4, 0.5) is 22.0 Å². The van der Waals surface area contributed by atoms with Crippen molar-refractivity contribution in [3.8, 4) is 0 Å². The molecule has 5 heteroatoms. The van der Waals surface area contributed by atoms with E-state index in [1.807, 2.05) is 19.9 Å². The fourth-order valence-electron chi connectivity index (χ4n) is 1.55. The number of hydrogen-bond donors (Lipinski definition) is 0. The lowest BCUT2D eigenvalue weighted by Gasteiger charge is -2.02. The normalized spacial score (nSPS) is 9.70. The van der Waals surface area contributed by atoms with Crippen molar-refractivity contribution in [2.45, 2.75) is 40.5 Å². The van der Waals surface area contributed by atoms with Crippen LogP contribution in [0.2, 0.25) is 0 Å². The second-order valence-electron chi connectivity index (χ2n) is 4.76. The zero-order valence-electron chi connectivity index (χ0n) is 13.9. The molecule has 0 heterocycles. The van der Waals surface area contributed by atoms with Crippen LogP contribution in [0.3, 0.4) is 0 Å². The maximum absolute atomic E-state index is 12.4. The Bertz CT molecular complexity index is 502. The van der Waals surface area contributed by atoms with Crippen LogP contribution >= 0.6 is 0 Å². The van der Waals surface area contributed by atoms with Crippen molar-refractivity contribution < 1.29 is 22.0 Å². The first kappa shape index (κ1) is 21.1. The van der Waals surface area contributed by atoms with Gasteiger partial charge in [0.25, 0.3) is 0 Å². The summed E-state index contributed by atoms with van der Waals surface area (Å²) in [6.45, 7) is 9.22. The molecule has 0 unspecified atom stereocenters. The summed E-state index contributed by atoms with van der Waals surface area (Å²) in [5, 5.41) is 0. The number of halogens is 5. The topological polar surface area (TPSA) is 0 Å². The van der Waals surface area contributed by atoms with Crippen molar-refractivity contribution in [2.24, 2.45) is 0 Å². The second kappa shape index (κ2) is 9.98. The summed E-state index contributed by atoms with van der Waals surface area (Å²) in [7, 11) is 0. The average molecular weight is 332 g/mol. The highest BCUT2D eigenvalue weighted by Gasteiger charge is 2.22. The van der Waals surface area contributed by atoms with Crippen molar-refractivity contribution >= 4 is 0 Å². The second-order valence-corrected chi connectivity index (χ2v) is 4.76. The summed E-state index contributed by atoms with van der Waals surface area (Å²) >= 11 is 0. The average Bonchev–Trinajstić information content (AvgIpc) is 2.59. The number of hydrogen-bond acceptors (Lipinski definition) is 0.